The zero-order chi connectivity index (χ0) is 16.4. The summed E-state index contributed by atoms with van der Waals surface area (Å²) in [7, 11) is 0. The van der Waals surface area contributed by atoms with Gasteiger partial charge in [-0.25, -0.2) is 4.79 Å². The van der Waals surface area contributed by atoms with E-state index in [0.717, 1.165) is 34.8 Å². The molecule has 124 valence electrons. The number of amidine groups is 1. The number of nitrogens with zero attached hydrogens (tertiary/aromatic N) is 1. The fourth-order valence-electron chi connectivity index (χ4n) is 3.07. The molecule has 0 bridgehead atoms. The maximum Gasteiger partial charge on any atom is 0.348 e. The van der Waals surface area contributed by atoms with Gasteiger partial charge in [0.1, 0.15) is 21.1 Å². The van der Waals surface area contributed by atoms with Crippen LogP contribution >= 0.6 is 24.0 Å². The van der Waals surface area contributed by atoms with Crippen LogP contribution in [0.1, 0.15) is 65.2 Å². The molecule has 0 fully saturated rings. The Balaban J connectivity index is 1.81. The van der Waals surface area contributed by atoms with Crippen molar-refractivity contribution in [3.8, 4) is 0 Å². The molecular weight excluding hydrogens is 328 g/mol. The molecular formula is C17H22N2O2S2. The molecule has 4 nitrogen and oxygen atoms in total. The van der Waals surface area contributed by atoms with Crippen LogP contribution in [0, 0.1) is 6.92 Å². The van der Waals surface area contributed by atoms with Crippen molar-refractivity contribution in [2.75, 3.05) is 11.9 Å². The number of hydrogen-bond acceptors (Lipinski definition) is 6. The van der Waals surface area contributed by atoms with Crippen molar-refractivity contribution in [1.29, 1.82) is 0 Å². The van der Waals surface area contributed by atoms with Crippen molar-refractivity contribution < 1.29 is 9.53 Å². The minimum absolute atomic E-state index is 0.218. The van der Waals surface area contributed by atoms with Crippen LogP contribution in [0.2, 0.25) is 0 Å². The molecule has 0 amide bonds. The van der Waals surface area contributed by atoms with Crippen LogP contribution in [-0.2, 0) is 4.74 Å². The molecule has 0 aromatic carbocycles. The minimum Gasteiger partial charge on any atom is -0.462 e. The van der Waals surface area contributed by atoms with Crippen LogP contribution < -0.4 is 5.32 Å². The largest absolute Gasteiger partial charge is 0.462 e. The molecule has 1 aromatic rings. The van der Waals surface area contributed by atoms with Crippen LogP contribution in [0.5, 0.6) is 0 Å². The molecule has 1 unspecified atom stereocenters. The second kappa shape index (κ2) is 7.09. The molecule has 1 N–H and O–H groups in total. The highest BCUT2D eigenvalue weighted by molar-refractivity contribution is 7.80. The van der Waals surface area contributed by atoms with Gasteiger partial charge in [-0.3, -0.25) is 4.99 Å². The Morgan fingerprint density at radius 2 is 2.35 bits per heavy atom. The average molecular weight is 351 g/mol. The predicted molar refractivity (Wildman–Crippen MR) is 99.0 cm³/mol. The van der Waals surface area contributed by atoms with E-state index in [9.17, 15) is 4.79 Å². The summed E-state index contributed by atoms with van der Waals surface area (Å²) < 4.78 is 5.14. The van der Waals surface area contributed by atoms with Gasteiger partial charge in [-0.2, -0.15) is 0 Å². The van der Waals surface area contributed by atoms with E-state index >= 15 is 0 Å². The Morgan fingerprint density at radius 3 is 3.04 bits per heavy atom. The van der Waals surface area contributed by atoms with Gasteiger partial charge in [-0.15, -0.1) is 24.0 Å². The highest BCUT2D eigenvalue weighted by Crippen LogP contribution is 2.43. The summed E-state index contributed by atoms with van der Waals surface area (Å²) in [5.74, 6) is 0.686. The van der Waals surface area contributed by atoms with E-state index < -0.39 is 0 Å². The first-order valence-corrected chi connectivity index (χ1v) is 9.43. The first-order chi connectivity index (χ1) is 11.1. The van der Waals surface area contributed by atoms with E-state index in [4.69, 9.17) is 4.74 Å². The van der Waals surface area contributed by atoms with E-state index in [1.54, 1.807) is 0 Å². The van der Waals surface area contributed by atoms with Gasteiger partial charge in [0.15, 0.2) is 0 Å². The van der Waals surface area contributed by atoms with Gasteiger partial charge < -0.3 is 10.1 Å². The van der Waals surface area contributed by atoms with Crippen LogP contribution in [0.3, 0.4) is 0 Å². The van der Waals surface area contributed by atoms with Crippen LogP contribution in [-0.4, -0.2) is 18.4 Å². The fourth-order valence-corrected chi connectivity index (χ4v) is 4.77. The number of thiophene rings is 1. The van der Waals surface area contributed by atoms with Gasteiger partial charge >= 0.3 is 5.97 Å². The third kappa shape index (κ3) is 3.48. The molecule has 0 saturated heterocycles. The number of allylic oxidation sites excluding steroid dienone is 1. The number of carbonyl (C=O) groups is 1. The number of fused-ring (bicyclic) bond motifs is 1. The predicted octanol–water partition coefficient (Wildman–Crippen LogP) is 4.88. The Hall–Kier alpha value is -1.27. The molecule has 0 radical (unpaired) electrons. The van der Waals surface area contributed by atoms with E-state index in [2.05, 4.69) is 29.0 Å². The number of hydrogen-bond donors (Lipinski definition) is 2. The van der Waals surface area contributed by atoms with E-state index in [1.807, 2.05) is 13.8 Å². The zero-order valence-electron chi connectivity index (χ0n) is 13.5. The Bertz CT molecular complexity index is 676. The lowest BCUT2D eigenvalue weighted by Gasteiger charge is -2.22. The number of nitrogens with one attached hydrogen (secondary N) is 1. The smallest absolute Gasteiger partial charge is 0.348 e. The van der Waals surface area contributed by atoms with E-state index in [1.165, 1.54) is 36.2 Å². The number of ether oxygens (including phenoxy) is 1. The second-order valence-electron chi connectivity index (χ2n) is 5.88. The summed E-state index contributed by atoms with van der Waals surface area (Å²) >= 11 is 6.07. The van der Waals surface area contributed by atoms with Crippen molar-refractivity contribution in [3.63, 3.8) is 0 Å². The lowest BCUT2D eigenvalue weighted by atomic mass is 9.96. The van der Waals surface area contributed by atoms with Gasteiger partial charge in [-0.05, 0) is 45.1 Å². The maximum absolute atomic E-state index is 12.1. The molecule has 1 aliphatic carbocycles. The summed E-state index contributed by atoms with van der Waals surface area (Å²) in [6.45, 7) is 4.14. The minimum atomic E-state index is -0.261. The molecule has 0 saturated carbocycles. The third-order valence-electron chi connectivity index (χ3n) is 4.23. The molecule has 0 spiro atoms. The third-order valence-corrected chi connectivity index (χ3v) is 5.80. The molecule has 3 rings (SSSR count). The molecule has 1 atom stereocenters. The molecule has 1 aromatic heterocycles. The summed E-state index contributed by atoms with van der Waals surface area (Å²) in [6.07, 6.45) is 8.06. The molecule has 2 heterocycles. The Morgan fingerprint density at radius 1 is 1.52 bits per heavy atom. The quantitative estimate of drug-likeness (QED) is 0.462. The van der Waals surface area contributed by atoms with Crippen LogP contribution in [0.4, 0.5) is 5.00 Å². The SMILES string of the molecule is CCOC(=O)c1sc2c(c1C)C(S)N=C(CC1=CCCCC1)N2. The first-order valence-electron chi connectivity index (χ1n) is 8.10. The Kier molecular flexibility index (Phi) is 5.11. The van der Waals surface area contributed by atoms with E-state index in [0.29, 0.717) is 11.5 Å². The van der Waals surface area contributed by atoms with Gasteiger partial charge in [0.2, 0.25) is 0 Å². The number of rotatable bonds is 4. The van der Waals surface area contributed by atoms with Crippen molar-refractivity contribution >= 4 is 40.8 Å². The van der Waals surface area contributed by atoms with Crippen molar-refractivity contribution in [2.45, 2.75) is 51.3 Å². The highest BCUT2D eigenvalue weighted by Gasteiger charge is 2.28. The summed E-state index contributed by atoms with van der Waals surface area (Å²) in [5, 5.41) is 4.16. The van der Waals surface area contributed by atoms with Gasteiger partial charge in [0, 0.05) is 12.0 Å². The first kappa shape index (κ1) is 16.6. The van der Waals surface area contributed by atoms with Gasteiger partial charge in [-0.1, -0.05) is 11.6 Å². The van der Waals surface area contributed by atoms with Crippen LogP contribution in [0.25, 0.3) is 0 Å². The average Bonchev–Trinajstić information content (AvgIpc) is 2.86. The molecule has 23 heavy (non-hydrogen) atoms. The molecule has 6 heteroatoms. The van der Waals surface area contributed by atoms with Crippen LogP contribution in [0.15, 0.2) is 16.6 Å². The number of esters is 1. The van der Waals surface area contributed by atoms with Gasteiger partial charge in [0.25, 0.3) is 0 Å². The van der Waals surface area contributed by atoms with Crippen molar-refractivity contribution in [1.82, 2.24) is 0 Å². The zero-order valence-corrected chi connectivity index (χ0v) is 15.2. The topological polar surface area (TPSA) is 50.7 Å². The number of aliphatic imine (C=N–C) groups is 1. The lowest BCUT2D eigenvalue weighted by Crippen LogP contribution is -2.19. The van der Waals surface area contributed by atoms with Gasteiger partial charge in [0.05, 0.1) is 6.61 Å². The highest BCUT2D eigenvalue weighted by atomic mass is 32.1. The summed E-state index contributed by atoms with van der Waals surface area (Å²) in [6, 6.07) is 0. The number of carbonyl (C=O) groups excluding carboxylic acids is 1. The lowest BCUT2D eigenvalue weighted by molar-refractivity contribution is 0.0531. The summed E-state index contributed by atoms with van der Waals surface area (Å²) in [5.41, 5.74) is 3.38. The van der Waals surface area contributed by atoms with Crippen molar-refractivity contribution in [2.24, 2.45) is 4.99 Å². The molecule has 1 aliphatic heterocycles. The standard InChI is InChI=1S/C17H22N2O2S2/c1-3-21-17(20)14-10(2)13-15(22)18-12(19-16(13)23-14)9-11-7-5-4-6-8-11/h7,15,22H,3-6,8-9H2,1-2H3,(H,18,19). The summed E-state index contributed by atoms with van der Waals surface area (Å²) in [4.78, 5) is 17.4. The number of thiol groups is 1. The fraction of sp³-hybridized carbons (Fsp3) is 0.529. The van der Waals surface area contributed by atoms with Crippen molar-refractivity contribution in [3.05, 3.63) is 27.7 Å². The monoisotopic (exact) mass is 350 g/mol. The molecule has 2 aliphatic rings. The second-order valence-corrected chi connectivity index (χ2v) is 7.39. The number of anilines is 1. The van der Waals surface area contributed by atoms with E-state index in [-0.39, 0.29) is 11.3 Å². The normalized spacial score (nSPS) is 20.2. The maximum atomic E-state index is 12.1. The Labute approximate surface area is 146 Å².